The first-order chi connectivity index (χ1) is 30.5. The van der Waals surface area contributed by atoms with E-state index in [1.807, 2.05) is 15.2 Å². The Balaban J connectivity index is 0.000000170. The van der Waals surface area contributed by atoms with Crippen LogP contribution in [0.3, 0.4) is 0 Å². The molecule has 3 aromatic heterocycles. The SMILES string of the molecule is O=C(O)C(=O)O.O=c1[nH]nc2n1CCCCC2.O=c1n(CCCBr)nc2n1CCCCC2.O=c1n(CCCN2C3CCC2CC(OCc2ccccc2F)C3)nc2n1CCCCC2. The van der Waals surface area contributed by atoms with Gasteiger partial charge in [0, 0.05) is 81.5 Å². The summed E-state index contributed by atoms with van der Waals surface area (Å²) in [6, 6.07) is 7.95. The van der Waals surface area contributed by atoms with Crippen molar-refractivity contribution < 1.29 is 28.9 Å². The summed E-state index contributed by atoms with van der Waals surface area (Å²) in [7, 11) is 0. The third kappa shape index (κ3) is 13.2. The largest absolute Gasteiger partial charge is 0.473 e. The predicted molar refractivity (Wildman–Crippen MR) is 235 cm³/mol. The Kier molecular flexibility index (Phi) is 18.1. The Hall–Kier alpha value is -4.69. The lowest BCUT2D eigenvalue weighted by Gasteiger charge is -2.38. The van der Waals surface area contributed by atoms with Gasteiger partial charge in [-0.2, -0.15) is 15.3 Å². The molecule has 9 rings (SSSR count). The molecule has 346 valence electrons. The van der Waals surface area contributed by atoms with Crippen molar-refractivity contribution >= 4 is 27.9 Å². The van der Waals surface area contributed by atoms with Crippen LogP contribution < -0.4 is 17.1 Å². The van der Waals surface area contributed by atoms with Crippen molar-refractivity contribution in [2.45, 2.75) is 173 Å². The zero-order chi connectivity index (χ0) is 44.7. The van der Waals surface area contributed by atoms with Gasteiger partial charge in [-0.3, -0.25) is 18.6 Å². The van der Waals surface area contributed by atoms with E-state index in [0.29, 0.717) is 30.8 Å². The van der Waals surface area contributed by atoms with Crippen molar-refractivity contribution in [2.24, 2.45) is 0 Å². The number of alkyl halides is 1. The number of carbonyl (C=O) groups is 2. The number of aromatic amines is 1. The highest BCUT2D eigenvalue weighted by molar-refractivity contribution is 9.09. The number of benzene rings is 1. The highest BCUT2D eigenvalue weighted by Crippen LogP contribution is 2.37. The van der Waals surface area contributed by atoms with Crippen molar-refractivity contribution in [3.8, 4) is 0 Å². The highest BCUT2D eigenvalue weighted by atomic mass is 79.9. The van der Waals surface area contributed by atoms with Gasteiger partial charge < -0.3 is 14.9 Å². The highest BCUT2D eigenvalue weighted by Gasteiger charge is 2.40. The van der Waals surface area contributed by atoms with Crippen LogP contribution in [0.1, 0.15) is 119 Å². The Morgan fingerprint density at radius 3 is 1.78 bits per heavy atom. The number of nitrogens with zero attached hydrogens (tertiary/aromatic N) is 9. The van der Waals surface area contributed by atoms with Crippen LogP contribution in [0.25, 0.3) is 0 Å². The summed E-state index contributed by atoms with van der Waals surface area (Å²) in [5.74, 6) is -0.963. The molecule has 1 aromatic carbocycles. The van der Waals surface area contributed by atoms with Crippen LogP contribution in [-0.2, 0) is 72.9 Å². The van der Waals surface area contributed by atoms with E-state index in [4.69, 9.17) is 24.5 Å². The molecule has 5 aliphatic heterocycles. The number of ether oxygens (including phenoxy) is 1. The lowest BCUT2D eigenvalue weighted by Crippen LogP contribution is -2.46. The minimum atomic E-state index is -1.82. The maximum Gasteiger partial charge on any atom is 0.414 e. The minimum absolute atomic E-state index is 0.0538. The van der Waals surface area contributed by atoms with Gasteiger partial charge in [0.15, 0.2) is 0 Å². The van der Waals surface area contributed by atoms with Gasteiger partial charge in [-0.1, -0.05) is 53.4 Å². The van der Waals surface area contributed by atoms with Gasteiger partial charge >= 0.3 is 29.0 Å². The first-order valence-corrected chi connectivity index (χ1v) is 23.8. The van der Waals surface area contributed by atoms with Crippen LogP contribution >= 0.6 is 15.9 Å². The summed E-state index contributed by atoms with van der Waals surface area (Å²) >= 11 is 3.37. The lowest BCUT2D eigenvalue weighted by molar-refractivity contribution is -0.159. The molecule has 2 atom stereocenters. The number of piperidine rings is 1. The second-order valence-corrected chi connectivity index (χ2v) is 17.6. The lowest BCUT2D eigenvalue weighted by atomic mass is 9.99. The van der Waals surface area contributed by atoms with Crippen molar-refractivity contribution in [1.82, 2.24) is 48.4 Å². The smallest absolute Gasteiger partial charge is 0.414 e. The minimum Gasteiger partial charge on any atom is -0.473 e. The van der Waals surface area contributed by atoms with Crippen molar-refractivity contribution in [2.75, 3.05) is 11.9 Å². The molecule has 2 fully saturated rings. The maximum atomic E-state index is 13.9. The van der Waals surface area contributed by atoms with Crippen LogP contribution in [0.2, 0.25) is 0 Å². The summed E-state index contributed by atoms with van der Waals surface area (Å²) in [6.45, 7) is 5.28. The molecule has 18 nitrogen and oxygen atoms in total. The third-order valence-electron chi connectivity index (χ3n) is 12.4. The average molecular weight is 946 g/mol. The van der Waals surface area contributed by atoms with Crippen molar-refractivity contribution in [3.05, 3.63) is 84.6 Å². The van der Waals surface area contributed by atoms with E-state index < -0.39 is 11.9 Å². The molecule has 0 saturated carbocycles. The van der Waals surface area contributed by atoms with Crippen LogP contribution in [0.5, 0.6) is 0 Å². The molecule has 2 bridgehead atoms. The van der Waals surface area contributed by atoms with Gasteiger partial charge in [-0.05, 0) is 83.1 Å². The van der Waals surface area contributed by atoms with Crippen LogP contribution in [0.15, 0.2) is 38.6 Å². The summed E-state index contributed by atoms with van der Waals surface area (Å²) < 4.78 is 28.7. The molecule has 20 heteroatoms. The Morgan fingerprint density at radius 1 is 0.714 bits per heavy atom. The van der Waals surface area contributed by atoms with E-state index >= 15 is 0 Å². The number of carboxylic acids is 2. The number of aromatic nitrogens is 9. The Morgan fingerprint density at radius 2 is 1.24 bits per heavy atom. The topological polar surface area (TPSA) is 217 Å². The molecule has 8 heterocycles. The molecule has 2 saturated heterocycles. The van der Waals surface area contributed by atoms with Gasteiger partial charge in [-0.15, -0.1) is 0 Å². The Bertz CT molecular complexity index is 2250. The van der Waals surface area contributed by atoms with Crippen molar-refractivity contribution in [1.29, 1.82) is 0 Å². The van der Waals surface area contributed by atoms with E-state index in [0.717, 1.165) is 139 Å². The standard InChI is InChI=1S/C24H33FN4O2.C10H16BrN3O.C7H11N3O.C2H2O4/c25-22-8-4-3-7-18(22)17-31-21-15-19-10-11-20(16-21)27(19)13-6-14-29-24(30)28-12-5-1-2-9-23(28)26-29;11-6-4-8-14-10(15)13-7-3-1-2-5-9(13)12-14;11-7-9-8-6-4-2-1-3-5-10(6)7;3-1(4)2(5)6/h3-4,7-8,19-21H,1-2,5-6,9-17H2;1-8H2;1-5H2,(H,9,11);(H,3,4)(H,5,6). The van der Waals surface area contributed by atoms with Gasteiger partial charge in [0.05, 0.1) is 12.7 Å². The monoisotopic (exact) mass is 944 g/mol. The molecule has 4 aromatic rings. The van der Waals surface area contributed by atoms with E-state index in [-0.39, 0.29) is 29.0 Å². The number of H-pyrrole nitrogens is 1. The van der Waals surface area contributed by atoms with Gasteiger partial charge in [-0.25, -0.2) is 42.8 Å². The number of aryl methyl sites for hydroxylation is 5. The molecule has 63 heavy (non-hydrogen) atoms. The maximum absolute atomic E-state index is 13.9. The fraction of sp³-hybridized carbons (Fsp3) is 0.674. The van der Waals surface area contributed by atoms with Crippen LogP contribution in [-0.4, -0.2) is 101 Å². The summed E-state index contributed by atoms with van der Waals surface area (Å²) in [5.41, 5.74) is 0.732. The normalized spacial score (nSPS) is 20.4. The average Bonchev–Trinajstić information content (AvgIpc) is 3.69. The second kappa shape index (κ2) is 23.8. The summed E-state index contributed by atoms with van der Waals surface area (Å²) in [5, 5.41) is 31.1. The fourth-order valence-electron chi connectivity index (χ4n) is 9.20. The third-order valence-corrected chi connectivity index (χ3v) is 13.0. The van der Waals surface area contributed by atoms with Crippen LogP contribution in [0.4, 0.5) is 4.39 Å². The molecule has 0 aliphatic carbocycles. The number of halogens is 2. The van der Waals surface area contributed by atoms with E-state index in [1.165, 1.54) is 38.2 Å². The zero-order valence-electron chi connectivity index (χ0n) is 36.1. The van der Waals surface area contributed by atoms with E-state index in [1.54, 1.807) is 26.1 Å². The molecular formula is C43H62BrFN10O8. The Labute approximate surface area is 373 Å². The van der Waals surface area contributed by atoms with Crippen molar-refractivity contribution in [3.63, 3.8) is 0 Å². The van der Waals surface area contributed by atoms with Crippen LogP contribution in [0, 0.1) is 5.82 Å². The number of carboxylic acid groups (broad SMARTS) is 2. The first kappa shape index (κ1) is 47.8. The number of hydrogen-bond donors (Lipinski definition) is 3. The number of nitrogens with one attached hydrogen (secondary N) is 1. The number of rotatable bonds is 10. The van der Waals surface area contributed by atoms with Gasteiger partial charge in [0.2, 0.25) is 0 Å². The quantitative estimate of drug-likeness (QED) is 0.148. The molecule has 0 spiro atoms. The number of aliphatic carboxylic acids is 2. The molecule has 0 amide bonds. The number of hydrogen-bond acceptors (Lipinski definition) is 10. The van der Waals surface area contributed by atoms with Gasteiger partial charge in [0.1, 0.15) is 23.3 Å². The molecule has 5 aliphatic rings. The molecule has 3 N–H and O–H groups in total. The van der Waals surface area contributed by atoms with Gasteiger partial charge in [0.25, 0.3) is 0 Å². The predicted octanol–water partition coefficient (Wildman–Crippen LogP) is 4.52. The van der Waals surface area contributed by atoms with E-state index in [9.17, 15) is 18.8 Å². The fourth-order valence-corrected chi connectivity index (χ4v) is 9.46. The first-order valence-electron chi connectivity index (χ1n) is 22.6. The number of fused-ring (bicyclic) bond motifs is 5. The summed E-state index contributed by atoms with van der Waals surface area (Å²) in [6.07, 6.45) is 19.7. The van der Waals surface area contributed by atoms with E-state index in [2.05, 4.69) is 41.2 Å². The molecule has 2 unspecified atom stereocenters. The second-order valence-electron chi connectivity index (χ2n) is 16.8. The molecular weight excluding hydrogens is 883 g/mol. The molecule has 0 radical (unpaired) electrons. The zero-order valence-corrected chi connectivity index (χ0v) is 37.6. The summed E-state index contributed by atoms with van der Waals surface area (Å²) in [4.78, 5) is 56.5.